The molecule has 18 heavy (non-hydrogen) atoms. The van der Waals surface area contributed by atoms with Crippen molar-refractivity contribution in [2.75, 3.05) is 0 Å². The van der Waals surface area contributed by atoms with Gasteiger partial charge in [0.1, 0.15) is 18.6 Å². The number of aromatic nitrogens is 1. The van der Waals surface area contributed by atoms with Crippen LogP contribution in [-0.2, 0) is 6.61 Å². The number of carbonyl (C=O) groups is 1. The highest BCUT2D eigenvalue weighted by Crippen LogP contribution is 2.25. The minimum Gasteiger partial charge on any atom is -0.488 e. The van der Waals surface area contributed by atoms with E-state index in [1.54, 1.807) is 18.3 Å². The maximum atomic E-state index is 10.9. The molecule has 0 saturated carbocycles. The van der Waals surface area contributed by atoms with Gasteiger partial charge in [0.15, 0.2) is 0 Å². The number of carboxylic acid groups (broad SMARTS) is 1. The molecule has 1 heterocycles. The van der Waals surface area contributed by atoms with Crippen molar-refractivity contribution in [1.82, 2.24) is 5.16 Å². The summed E-state index contributed by atoms with van der Waals surface area (Å²) in [4.78, 5) is 10.9. The molecule has 0 unspecified atom stereocenters. The Morgan fingerprint density at radius 3 is 2.56 bits per heavy atom. The Kier molecular flexibility index (Phi) is 3.32. The van der Waals surface area contributed by atoms with E-state index < -0.39 is 5.97 Å². The predicted octanol–water partition coefficient (Wildman–Crippen LogP) is 2.57. The summed E-state index contributed by atoms with van der Waals surface area (Å²) in [7, 11) is 0. The fourth-order valence-electron chi connectivity index (χ4n) is 1.75. The summed E-state index contributed by atoms with van der Waals surface area (Å²) < 4.78 is 10.4. The van der Waals surface area contributed by atoms with Gasteiger partial charge in [-0.3, -0.25) is 0 Å². The highest BCUT2D eigenvalue weighted by atomic mass is 16.5. The van der Waals surface area contributed by atoms with Crippen LogP contribution in [0.3, 0.4) is 0 Å². The number of ether oxygens (including phenoxy) is 1. The third-order valence-corrected chi connectivity index (χ3v) is 2.57. The average Bonchev–Trinajstić information content (AvgIpc) is 2.80. The van der Waals surface area contributed by atoms with Gasteiger partial charge in [0.05, 0.1) is 11.8 Å². The Bertz CT molecular complexity index is 537. The predicted molar refractivity (Wildman–Crippen MR) is 63.7 cm³/mol. The molecule has 0 spiro atoms. The molecule has 5 nitrogen and oxygen atoms in total. The molecule has 2 rings (SSSR count). The van der Waals surface area contributed by atoms with Crippen LogP contribution in [-0.4, -0.2) is 16.2 Å². The van der Waals surface area contributed by atoms with Gasteiger partial charge in [0.25, 0.3) is 0 Å². The zero-order chi connectivity index (χ0) is 13.1. The molecule has 5 heteroatoms. The molecule has 0 bridgehead atoms. The van der Waals surface area contributed by atoms with Gasteiger partial charge >= 0.3 is 5.97 Å². The summed E-state index contributed by atoms with van der Waals surface area (Å²) >= 11 is 0. The van der Waals surface area contributed by atoms with Gasteiger partial charge in [-0.2, -0.15) is 0 Å². The van der Waals surface area contributed by atoms with E-state index in [0.29, 0.717) is 12.4 Å². The van der Waals surface area contributed by atoms with Gasteiger partial charge in [-0.05, 0) is 37.1 Å². The molecule has 0 fully saturated rings. The van der Waals surface area contributed by atoms with Gasteiger partial charge in [0.2, 0.25) is 0 Å². The lowest BCUT2D eigenvalue weighted by atomic mass is 10.1. The first-order valence-electron chi connectivity index (χ1n) is 5.43. The van der Waals surface area contributed by atoms with Crippen molar-refractivity contribution in [2.45, 2.75) is 20.5 Å². The summed E-state index contributed by atoms with van der Waals surface area (Å²) in [6.07, 6.45) is 3.09. The van der Waals surface area contributed by atoms with Gasteiger partial charge in [-0.1, -0.05) is 5.16 Å². The Morgan fingerprint density at radius 2 is 2.06 bits per heavy atom. The Balaban J connectivity index is 2.20. The van der Waals surface area contributed by atoms with Crippen molar-refractivity contribution in [2.24, 2.45) is 0 Å². The second-order valence-electron chi connectivity index (χ2n) is 4.07. The van der Waals surface area contributed by atoms with E-state index in [1.165, 1.54) is 6.26 Å². The standard InChI is InChI=1S/C13H13NO4/c1-8-3-11(13(15)16)4-9(2)12(8)17-6-10-5-14-18-7-10/h3-5,7H,6H2,1-2H3,(H,15,16). The van der Waals surface area contributed by atoms with Gasteiger partial charge in [-0.25, -0.2) is 4.79 Å². The molecule has 0 aliphatic rings. The maximum absolute atomic E-state index is 10.9. The second kappa shape index (κ2) is 4.91. The van der Waals surface area contributed by atoms with Crippen molar-refractivity contribution in [3.8, 4) is 5.75 Å². The van der Waals surface area contributed by atoms with Crippen LogP contribution >= 0.6 is 0 Å². The lowest BCUT2D eigenvalue weighted by Crippen LogP contribution is -2.02. The summed E-state index contributed by atoms with van der Waals surface area (Å²) in [5.41, 5.74) is 2.69. The van der Waals surface area contributed by atoms with Crippen LogP contribution in [0.2, 0.25) is 0 Å². The van der Waals surface area contributed by atoms with E-state index in [0.717, 1.165) is 16.7 Å². The first-order valence-corrected chi connectivity index (χ1v) is 5.43. The normalized spacial score (nSPS) is 10.3. The Labute approximate surface area is 104 Å². The number of aryl methyl sites for hydroxylation is 2. The third kappa shape index (κ3) is 2.51. The Morgan fingerprint density at radius 1 is 1.39 bits per heavy atom. The van der Waals surface area contributed by atoms with Crippen LogP contribution in [0, 0.1) is 13.8 Å². The quantitative estimate of drug-likeness (QED) is 0.898. The molecule has 0 radical (unpaired) electrons. The van der Waals surface area contributed by atoms with Crippen LogP contribution in [0.4, 0.5) is 0 Å². The molecule has 94 valence electrons. The average molecular weight is 247 g/mol. The fraction of sp³-hybridized carbons (Fsp3) is 0.231. The molecular weight excluding hydrogens is 234 g/mol. The topological polar surface area (TPSA) is 72.6 Å². The fourth-order valence-corrected chi connectivity index (χ4v) is 1.75. The van der Waals surface area contributed by atoms with Crippen molar-refractivity contribution < 1.29 is 19.2 Å². The maximum Gasteiger partial charge on any atom is 0.335 e. The summed E-state index contributed by atoms with van der Waals surface area (Å²) in [6, 6.07) is 3.19. The molecule has 0 saturated heterocycles. The van der Waals surface area contributed by atoms with E-state index >= 15 is 0 Å². The zero-order valence-electron chi connectivity index (χ0n) is 10.1. The van der Waals surface area contributed by atoms with Gasteiger partial charge < -0.3 is 14.4 Å². The van der Waals surface area contributed by atoms with Gasteiger partial charge in [-0.15, -0.1) is 0 Å². The van der Waals surface area contributed by atoms with Crippen LogP contribution in [0.15, 0.2) is 29.1 Å². The van der Waals surface area contributed by atoms with Crippen molar-refractivity contribution in [3.05, 3.63) is 46.8 Å². The van der Waals surface area contributed by atoms with Crippen LogP contribution in [0.25, 0.3) is 0 Å². The largest absolute Gasteiger partial charge is 0.488 e. The van der Waals surface area contributed by atoms with Crippen LogP contribution in [0.1, 0.15) is 27.0 Å². The molecular formula is C13H13NO4. The monoisotopic (exact) mass is 247 g/mol. The Hall–Kier alpha value is -2.30. The van der Waals surface area contributed by atoms with Crippen molar-refractivity contribution >= 4 is 5.97 Å². The first-order chi connectivity index (χ1) is 8.58. The smallest absolute Gasteiger partial charge is 0.335 e. The van der Waals surface area contributed by atoms with Crippen molar-refractivity contribution in [3.63, 3.8) is 0 Å². The van der Waals surface area contributed by atoms with E-state index in [1.807, 2.05) is 13.8 Å². The molecule has 1 aromatic heterocycles. The zero-order valence-corrected chi connectivity index (χ0v) is 10.1. The van der Waals surface area contributed by atoms with E-state index in [-0.39, 0.29) is 5.56 Å². The molecule has 0 atom stereocenters. The van der Waals surface area contributed by atoms with Gasteiger partial charge in [0, 0.05) is 5.56 Å². The third-order valence-electron chi connectivity index (χ3n) is 2.57. The first kappa shape index (κ1) is 12.2. The molecule has 2 aromatic rings. The summed E-state index contributed by atoms with van der Waals surface area (Å²) in [6.45, 7) is 3.99. The SMILES string of the molecule is Cc1cc(C(=O)O)cc(C)c1OCc1cnoc1. The lowest BCUT2D eigenvalue weighted by molar-refractivity contribution is 0.0696. The van der Waals surface area contributed by atoms with E-state index in [9.17, 15) is 4.79 Å². The lowest BCUT2D eigenvalue weighted by Gasteiger charge is -2.12. The number of carboxylic acids is 1. The summed E-state index contributed by atoms with van der Waals surface area (Å²) in [5.74, 6) is -0.243. The minimum absolute atomic E-state index is 0.266. The minimum atomic E-state index is -0.938. The number of benzene rings is 1. The number of hydrogen-bond acceptors (Lipinski definition) is 4. The van der Waals surface area contributed by atoms with E-state index in [2.05, 4.69) is 5.16 Å². The number of nitrogens with zero attached hydrogens (tertiary/aromatic N) is 1. The molecule has 0 aliphatic carbocycles. The molecule has 1 N–H and O–H groups in total. The molecule has 0 amide bonds. The van der Waals surface area contributed by atoms with Crippen LogP contribution in [0.5, 0.6) is 5.75 Å². The number of hydrogen-bond donors (Lipinski definition) is 1. The number of aromatic carboxylic acids is 1. The summed E-state index contributed by atoms with van der Waals surface area (Å²) in [5, 5.41) is 12.5. The highest BCUT2D eigenvalue weighted by molar-refractivity contribution is 5.88. The number of rotatable bonds is 4. The molecule has 0 aliphatic heterocycles. The van der Waals surface area contributed by atoms with Crippen LogP contribution < -0.4 is 4.74 Å². The second-order valence-corrected chi connectivity index (χ2v) is 4.07. The van der Waals surface area contributed by atoms with E-state index in [4.69, 9.17) is 14.4 Å². The van der Waals surface area contributed by atoms with Crippen molar-refractivity contribution in [1.29, 1.82) is 0 Å². The molecule has 1 aromatic carbocycles. The highest BCUT2D eigenvalue weighted by Gasteiger charge is 2.11.